The van der Waals surface area contributed by atoms with Crippen molar-refractivity contribution in [3.8, 4) is 0 Å². The second-order valence-electron chi connectivity index (χ2n) is 4.57. The first-order valence-corrected chi connectivity index (χ1v) is 6.23. The lowest BCUT2D eigenvalue weighted by molar-refractivity contribution is 0.407. The second-order valence-corrected chi connectivity index (χ2v) is 5.01. The molecule has 1 aromatic carbocycles. The Bertz CT molecular complexity index is 507. The number of rotatable bonds is 4. The Labute approximate surface area is 112 Å². The SMILES string of the molecule is CC(C)c1noc(N(C)Cc2ccc(Cl)cc2)n1. The van der Waals surface area contributed by atoms with Gasteiger partial charge in [0.2, 0.25) is 0 Å². The predicted molar refractivity (Wildman–Crippen MR) is 71.9 cm³/mol. The summed E-state index contributed by atoms with van der Waals surface area (Å²) in [6, 6.07) is 8.25. The summed E-state index contributed by atoms with van der Waals surface area (Å²) in [5.74, 6) is 0.999. The topological polar surface area (TPSA) is 42.2 Å². The molecule has 96 valence electrons. The average molecular weight is 266 g/mol. The number of anilines is 1. The normalized spacial score (nSPS) is 10.9. The van der Waals surface area contributed by atoms with Gasteiger partial charge in [0.1, 0.15) is 0 Å². The lowest BCUT2D eigenvalue weighted by atomic mass is 10.2. The van der Waals surface area contributed by atoms with Crippen LogP contribution < -0.4 is 4.90 Å². The van der Waals surface area contributed by atoms with Gasteiger partial charge in [-0.3, -0.25) is 0 Å². The van der Waals surface area contributed by atoms with Crippen molar-refractivity contribution in [2.45, 2.75) is 26.3 Å². The van der Waals surface area contributed by atoms with Gasteiger partial charge in [0, 0.05) is 24.5 Å². The van der Waals surface area contributed by atoms with Gasteiger partial charge in [-0.1, -0.05) is 42.7 Å². The van der Waals surface area contributed by atoms with Crippen LogP contribution in [0.25, 0.3) is 0 Å². The van der Waals surface area contributed by atoms with Crippen molar-refractivity contribution in [2.24, 2.45) is 0 Å². The van der Waals surface area contributed by atoms with E-state index >= 15 is 0 Å². The van der Waals surface area contributed by atoms with Crippen LogP contribution in [0.3, 0.4) is 0 Å². The molecule has 5 heteroatoms. The molecular weight excluding hydrogens is 250 g/mol. The van der Waals surface area contributed by atoms with Crippen LogP contribution in [0.2, 0.25) is 5.02 Å². The highest BCUT2D eigenvalue weighted by Gasteiger charge is 2.13. The molecule has 2 aromatic rings. The van der Waals surface area contributed by atoms with Crippen LogP contribution in [0.1, 0.15) is 31.2 Å². The largest absolute Gasteiger partial charge is 0.324 e. The van der Waals surface area contributed by atoms with Gasteiger partial charge in [0.05, 0.1) is 0 Å². The van der Waals surface area contributed by atoms with Crippen LogP contribution >= 0.6 is 11.6 Å². The highest BCUT2D eigenvalue weighted by molar-refractivity contribution is 6.30. The zero-order chi connectivity index (χ0) is 13.1. The van der Waals surface area contributed by atoms with E-state index in [2.05, 4.69) is 10.1 Å². The van der Waals surface area contributed by atoms with Gasteiger partial charge >= 0.3 is 6.01 Å². The Morgan fingerprint density at radius 1 is 1.28 bits per heavy atom. The maximum atomic E-state index is 5.85. The van der Waals surface area contributed by atoms with Crippen LogP contribution in [0.4, 0.5) is 6.01 Å². The smallest absolute Gasteiger partial charge is 0.323 e. The minimum atomic E-state index is 0.270. The highest BCUT2D eigenvalue weighted by Crippen LogP contribution is 2.18. The first kappa shape index (κ1) is 12.9. The van der Waals surface area contributed by atoms with Crippen LogP contribution in [0.15, 0.2) is 28.8 Å². The molecule has 18 heavy (non-hydrogen) atoms. The summed E-state index contributed by atoms with van der Waals surface area (Å²) >= 11 is 5.85. The van der Waals surface area contributed by atoms with Crippen LogP contribution in [0.5, 0.6) is 0 Å². The molecule has 0 N–H and O–H groups in total. The van der Waals surface area contributed by atoms with Crippen LogP contribution in [-0.4, -0.2) is 17.2 Å². The predicted octanol–water partition coefficient (Wildman–Crippen LogP) is 3.48. The summed E-state index contributed by atoms with van der Waals surface area (Å²) in [7, 11) is 1.92. The summed E-state index contributed by atoms with van der Waals surface area (Å²) in [6.45, 7) is 4.78. The third-order valence-electron chi connectivity index (χ3n) is 2.61. The van der Waals surface area contributed by atoms with Gasteiger partial charge in [-0.2, -0.15) is 4.98 Å². The van der Waals surface area contributed by atoms with E-state index in [-0.39, 0.29) is 5.92 Å². The number of aromatic nitrogens is 2. The van der Waals surface area contributed by atoms with Gasteiger partial charge in [0.15, 0.2) is 5.82 Å². The molecular formula is C13H16ClN3O. The first-order valence-electron chi connectivity index (χ1n) is 5.85. The number of hydrogen-bond donors (Lipinski definition) is 0. The highest BCUT2D eigenvalue weighted by atomic mass is 35.5. The summed E-state index contributed by atoms with van der Waals surface area (Å²) in [4.78, 5) is 6.26. The molecule has 0 aliphatic rings. The molecule has 0 unspecified atom stereocenters. The van der Waals surface area contributed by atoms with E-state index in [1.54, 1.807) is 0 Å². The Balaban J connectivity index is 2.06. The standard InChI is InChI=1S/C13H16ClN3O/c1-9(2)12-15-13(18-16-12)17(3)8-10-4-6-11(14)7-5-10/h4-7,9H,8H2,1-3H3. The minimum Gasteiger partial charge on any atom is -0.323 e. The summed E-state index contributed by atoms with van der Waals surface area (Å²) in [6.07, 6.45) is 0. The Kier molecular flexibility index (Phi) is 3.87. The Morgan fingerprint density at radius 3 is 2.50 bits per heavy atom. The van der Waals surface area contributed by atoms with Crippen molar-refractivity contribution >= 4 is 17.6 Å². The fourth-order valence-corrected chi connectivity index (χ4v) is 1.67. The zero-order valence-corrected chi connectivity index (χ0v) is 11.5. The van der Waals surface area contributed by atoms with E-state index < -0.39 is 0 Å². The molecule has 0 fully saturated rings. The molecule has 0 bridgehead atoms. The van der Waals surface area contributed by atoms with Gasteiger partial charge in [-0.25, -0.2) is 0 Å². The van der Waals surface area contributed by atoms with E-state index in [1.165, 1.54) is 0 Å². The third kappa shape index (κ3) is 3.01. The molecule has 0 saturated carbocycles. The lowest BCUT2D eigenvalue weighted by Crippen LogP contribution is -2.16. The first-order chi connectivity index (χ1) is 8.56. The Morgan fingerprint density at radius 2 is 1.94 bits per heavy atom. The summed E-state index contributed by atoms with van der Waals surface area (Å²) in [5.41, 5.74) is 1.14. The van der Waals surface area contributed by atoms with Gasteiger partial charge in [0.25, 0.3) is 0 Å². The molecule has 0 atom stereocenters. The number of nitrogens with zero attached hydrogens (tertiary/aromatic N) is 3. The van der Waals surface area contributed by atoms with Crippen LogP contribution in [-0.2, 0) is 6.54 Å². The van der Waals surface area contributed by atoms with E-state index in [0.29, 0.717) is 12.6 Å². The molecule has 0 spiro atoms. The number of hydrogen-bond acceptors (Lipinski definition) is 4. The Hall–Kier alpha value is -1.55. The molecule has 1 aromatic heterocycles. The monoisotopic (exact) mass is 265 g/mol. The van der Waals surface area contributed by atoms with E-state index in [4.69, 9.17) is 16.1 Å². The quantitative estimate of drug-likeness (QED) is 0.849. The second kappa shape index (κ2) is 5.40. The van der Waals surface area contributed by atoms with Crippen molar-refractivity contribution in [1.29, 1.82) is 0 Å². The van der Waals surface area contributed by atoms with E-state index in [9.17, 15) is 0 Å². The zero-order valence-electron chi connectivity index (χ0n) is 10.7. The molecule has 4 nitrogen and oxygen atoms in total. The molecule has 1 heterocycles. The molecule has 0 saturated heterocycles. The minimum absolute atomic E-state index is 0.270. The van der Waals surface area contributed by atoms with Gasteiger partial charge in [-0.05, 0) is 17.7 Å². The number of halogens is 1. The van der Waals surface area contributed by atoms with Crippen molar-refractivity contribution in [3.63, 3.8) is 0 Å². The van der Waals surface area contributed by atoms with Crippen molar-refractivity contribution in [1.82, 2.24) is 10.1 Å². The molecule has 0 amide bonds. The van der Waals surface area contributed by atoms with Crippen molar-refractivity contribution < 1.29 is 4.52 Å². The maximum Gasteiger partial charge on any atom is 0.324 e. The van der Waals surface area contributed by atoms with Crippen molar-refractivity contribution in [2.75, 3.05) is 11.9 Å². The van der Waals surface area contributed by atoms with Gasteiger partial charge in [-0.15, -0.1) is 0 Å². The molecule has 2 rings (SSSR count). The van der Waals surface area contributed by atoms with Crippen molar-refractivity contribution in [3.05, 3.63) is 40.7 Å². The fourth-order valence-electron chi connectivity index (χ4n) is 1.55. The van der Waals surface area contributed by atoms with Crippen LogP contribution in [0, 0.1) is 0 Å². The maximum absolute atomic E-state index is 5.85. The summed E-state index contributed by atoms with van der Waals surface area (Å²) < 4.78 is 5.22. The summed E-state index contributed by atoms with van der Waals surface area (Å²) in [5, 5.41) is 4.68. The average Bonchev–Trinajstić information content (AvgIpc) is 2.81. The number of benzene rings is 1. The van der Waals surface area contributed by atoms with E-state index in [0.717, 1.165) is 16.4 Å². The fraction of sp³-hybridized carbons (Fsp3) is 0.385. The molecule has 0 aliphatic heterocycles. The molecule has 0 aliphatic carbocycles. The van der Waals surface area contributed by atoms with E-state index in [1.807, 2.05) is 50.1 Å². The molecule has 0 radical (unpaired) electrons. The lowest BCUT2D eigenvalue weighted by Gasteiger charge is -2.13. The van der Waals surface area contributed by atoms with Gasteiger partial charge < -0.3 is 9.42 Å². The third-order valence-corrected chi connectivity index (χ3v) is 2.86.